The molecule has 0 saturated heterocycles. The Morgan fingerprint density at radius 3 is 2.04 bits per heavy atom. The quantitative estimate of drug-likeness (QED) is 0.122. The highest BCUT2D eigenvalue weighted by molar-refractivity contribution is 6.40. The smallest absolute Gasteiger partial charge is 0.326 e. The molecule has 1 aliphatic rings. The van der Waals surface area contributed by atoms with Gasteiger partial charge in [0.15, 0.2) is 0 Å². The fraction of sp³-hybridized carbons (Fsp3) is 0.515. The molecule has 5 N–H and O–H groups in total. The first-order valence-corrected chi connectivity index (χ1v) is 16.4. The van der Waals surface area contributed by atoms with Gasteiger partial charge in [-0.1, -0.05) is 54.2 Å². The predicted octanol–water partition coefficient (Wildman–Crippen LogP) is 3.86. The summed E-state index contributed by atoms with van der Waals surface area (Å²) in [5.74, 6) is -2.17. The van der Waals surface area contributed by atoms with E-state index >= 15 is 0 Å². The van der Waals surface area contributed by atoms with E-state index < -0.39 is 23.3 Å². The molecule has 0 radical (unpaired) electrons. The monoisotopic (exact) mass is 695 g/mol. The normalized spacial score (nSPS) is 14.4. The van der Waals surface area contributed by atoms with E-state index in [9.17, 15) is 24.3 Å². The summed E-state index contributed by atoms with van der Waals surface area (Å²) in [6.07, 6.45) is 3.51. The van der Waals surface area contributed by atoms with E-state index in [-0.39, 0.29) is 66.6 Å². The fourth-order valence-corrected chi connectivity index (χ4v) is 5.89. The Kier molecular flexibility index (Phi) is 16.4. The van der Waals surface area contributed by atoms with Crippen molar-refractivity contribution in [3.63, 3.8) is 0 Å². The van der Waals surface area contributed by atoms with E-state index in [1.807, 2.05) is 0 Å². The molecule has 0 bridgehead atoms. The number of hydrogen-bond donors (Lipinski definition) is 5. The number of aliphatic hydroxyl groups is 1. The Morgan fingerprint density at radius 2 is 1.45 bits per heavy atom. The number of aliphatic carboxylic acids is 1. The summed E-state index contributed by atoms with van der Waals surface area (Å²) in [6, 6.07) is 10.2. The lowest BCUT2D eigenvalue weighted by Crippen LogP contribution is -2.49. The van der Waals surface area contributed by atoms with Crippen molar-refractivity contribution in [2.24, 2.45) is 5.41 Å². The SMILES string of the molecule is O=C(CCOCCOCCOCCO)NCCC1(C(=O)N[C@@H](Cc2ccc(NC(=O)c3c(Cl)cccc3Cl)cc2)C(=O)O)CCCC1. The molecule has 258 valence electrons. The molecule has 0 spiro atoms. The second kappa shape index (κ2) is 20.2. The number of halogens is 2. The van der Waals surface area contributed by atoms with Gasteiger partial charge in [0, 0.05) is 25.1 Å². The second-order valence-electron chi connectivity index (χ2n) is 11.2. The van der Waals surface area contributed by atoms with Crippen LogP contribution in [0.15, 0.2) is 42.5 Å². The van der Waals surface area contributed by atoms with E-state index in [1.54, 1.807) is 42.5 Å². The predicted molar refractivity (Wildman–Crippen MR) is 177 cm³/mol. The fourth-order valence-electron chi connectivity index (χ4n) is 5.32. The van der Waals surface area contributed by atoms with Gasteiger partial charge in [-0.25, -0.2) is 4.79 Å². The van der Waals surface area contributed by atoms with Crippen LogP contribution in [0, 0.1) is 5.41 Å². The van der Waals surface area contributed by atoms with Gasteiger partial charge in [0.1, 0.15) is 6.04 Å². The van der Waals surface area contributed by atoms with Crippen molar-refractivity contribution in [3.05, 3.63) is 63.6 Å². The first-order chi connectivity index (χ1) is 22.6. The van der Waals surface area contributed by atoms with Gasteiger partial charge in [-0.3, -0.25) is 14.4 Å². The molecule has 1 aliphatic carbocycles. The van der Waals surface area contributed by atoms with Crippen molar-refractivity contribution in [1.29, 1.82) is 0 Å². The van der Waals surface area contributed by atoms with Crippen LogP contribution in [0.3, 0.4) is 0 Å². The van der Waals surface area contributed by atoms with Crippen LogP contribution in [0.25, 0.3) is 0 Å². The third-order valence-corrected chi connectivity index (χ3v) is 8.50. The van der Waals surface area contributed by atoms with Crippen molar-refractivity contribution in [2.75, 3.05) is 58.1 Å². The third-order valence-electron chi connectivity index (χ3n) is 7.87. The molecule has 2 aromatic carbocycles. The number of amides is 3. The molecule has 14 heteroatoms. The van der Waals surface area contributed by atoms with Gasteiger partial charge in [-0.2, -0.15) is 0 Å². The minimum Gasteiger partial charge on any atom is -0.480 e. The summed E-state index contributed by atoms with van der Waals surface area (Å²) in [5.41, 5.74) is 0.512. The number of nitrogens with one attached hydrogen (secondary N) is 3. The Balaban J connectivity index is 1.44. The molecule has 3 rings (SSSR count). The summed E-state index contributed by atoms with van der Waals surface area (Å²) in [4.78, 5) is 50.6. The number of carbonyl (C=O) groups is 4. The summed E-state index contributed by atoms with van der Waals surface area (Å²) in [6.45, 7) is 2.23. The van der Waals surface area contributed by atoms with E-state index in [0.717, 1.165) is 12.8 Å². The maximum absolute atomic E-state index is 13.5. The highest BCUT2D eigenvalue weighted by atomic mass is 35.5. The zero-order valence-electron chi connectivity index (χ0n) is 26.2. The molecule has 47 heavy (non-hydrogen) atoms. The highest BCUT2D eigenvalue weighted by Crippen LogP contribution is 2.41. The number of carboxylic acid groups (broad SMARTS) is 1. The van der Waals surface area contributed by atoms with Crippen LogP contribution in [0.4, 0.5) is 5.69 Å². The average molecular weight is 697 g/mol. The van der Waals surface area contributed by atoms with E-state index in [4.69, 9.17) is 42.5 Å². The standard InChI is InChI=1S/C33H43Cl2N3O9/c34-25-4-3-5-26(35)29(25)30(41)37-24-8-6-23(7-9-24)22-27(31(42)43)38-32(44)33(11-1-2-12-33)13-14-36-28(40)10-16-45-18-20-47-21-19-46-17-15-39/h3-9,27,39H,1-2,10-22H2,(H,36,40)(H,37,41)(H,38,44)(H,42,43)/t27-/m0/s1. The van der Waals surface area contributed by atoms with Crippen LogP contribution in [-0.4, -0.2) is 92.7 Å². The number of carbonyl (C=O) groups excluding carboxylic acids is 3. The Bertz CT molecular complexity index is 1300. The molecule has 1 atom stereocenters. The number of ether oxygens (including phenoxy) is 3. The van der Waals surface area contributed by atoms with Gasteiger partial charge in [0.2, 0.25) is 11.8 Å². The molecule has 0 aromatic heterocycles. The van der Waals surface area contributed by atoms with Crippen molar-refractivity contribution in [3.8, 4) is 0 Å². The highest BCUT2D eigenvalue weighted by Gasteiger charge is 2.42. The second-order valence-corrected chi connectivity index (χ2v) is 12.0. The number of rotatable bonds is 21. The number of anilines is 1. The largest absolute Gasteiger partial charge is 0.480 e. The Labute approximate surface area is 284 Å². The van der Waals surface area contributed by atoms with Gasteiger partial charge in [-0.05, 0) is 49.1 Å². The van der Waals surface area contributed by atoms with E-state index in [0.29, 0.717) is 56.9 Å². The number of benzene rings is 2. The molecule has 0 heterocycles. The topological polar surface area (TPSA) is 173 Å². The maximum Gasteiger partial charge on any atom is 0.326 e. The van der Waals surface area contributed by atoms with Crippen molar-refractivity contribution < 1.29 is 43.6 Å². The average Bonchev–Trinajstić information content (AvgIpc) is 3.52. The Morgan fingerprint density at radius 1 is 0.851 bits per heavy atom. The van der Waals surface area contributed by atoms with Crippen LogP contribution in [-0.2, 0) is 35.0 Å². The van der Waals surface area contributed by atoms with Crippen LogP contribution >= 0.6 is 23.2 Å². The number of hydrogen-bond acceptors (Lipinski definition) is 8. The van der Waals surface area contributed by atoms with Crippen molar-refractivity contribution in [2.45, 2.75) is 51.0 Å². The zero-order chi connectivity index (χ0) is 34.1. The van der Waals surface area contributed by atoms with Gasteiger partial charge < -0.3 is 40.4 Å². The summed E-state index contributed by atoms with van der Waals surface area (Å²) < 4.78 is 15.8. The molecular formula is C33H43Cl2N3O9. The van der Waals surface area contributed by atoms with E-state index in [1.165, 1.54) is 0 Å². The third kappa shape index (κ3) is 12.7. The van der Waals surface area contributed by atoms with Gasteiger partial charge in [0.25, 0.3) is 5.91 Å². The first kappa shape index (κ1) is 38.2. The minimum absolute atomic E-state index is 0.0320. The molecular weight excluding hydrogens is 653 g/mol. The first-order valence-electron chi connectivity index (χ1n) is 15.6. The van der Waals surface area contributed by atoms with Crippen LogP contribution in [0.1, 0.15) is 54.4 Å². The lowest BCUT2D eigenvalue weighted by Gasteiger charge is -2.29. The van der Waals surface area contributed by atoms with Crippen LogP contribution in [0.5, 0.6) is 0 Å². The number of aliphatic hydroxyl groups excluding tert-OH is 1. The zero-order valence-corrected chi connectivity index (χ0v) is 27.7. The van der Waals surface area contributed by atoms with Crippen LogP contribution < -0.4 is 16.0 Å². The minimum atomic E-state index is -1.16. The molecule has 0 aliphatic heterocycles. The summed E-state index contributed by atoms with van der Waals surface area (Å²) in [5, 5.41) is 27.3. The summed E-state index contributed by atoms with van der Waals surface area (Å²) >= 11 is 12.2. The molecule has 1 saturated carbocycles. The van der Waals surface area contributed by atoms with E-state index in [2.05, 4.69) is 16.0 Å². The molecule has 12 nitrogen and oxygen atoms in total. The lowest BCUT2D eigenvalue weighted by molar-refractivity contribution is -0.144. The molecule has 1 fully saturated rings. The molecule has 3 amide bonds. The van der Waals surface area contributed by atoms with Crippen molar-refractivity contribution >= 4 is 52.6 Å². The van der Waals surface area contributed by atoms with Gasteiger partial charge in [-0.15, -0.1) is 0 Å². The van der Waals surface area contributed by atoms with Crippen molar-refractivity contribution in [1.82, 2.24) is 10.6 Å². The lowest BCUT2D eigenvalue weighted by atomic mass is 9.81. The molecule has 2 aromatic rings. The van der Waals surface area contributed by atoms with Crippen LogP contribution in [0.2, 0.25) is 10.0 Å². The molecule has 0 unspecified atom stereocenters. The number of carboxylic acids is 1. The summed E-state index contributed by atoms with van der Waals surface area (Å²) in [7, 11) is 0. The maximum atomic E-state index is 13.5. The Hall–Kier alpha value is -3.26. The van der Waals surface area contributed by atoms with Gasteiger partial charge >= 0.3 is 5.97 Å². The van der Waals surface area contributed by atoms with Gasteiger partial charge in [0.05, 0.1) is 67.3 Å².